The summed E-state index contributed by atoms with van der Waals surface area (Å²) in [4.78, 5) is 16.6. The van der Waals surface area contributed by atoms with Crippen LogP contribution in [0.3, 0.4) is 0 Å². The van der Waals surface area contributed by atoms with Crippen LogP contribution in [0.4, 0.5) is 0 Å². The molecule has 2 aliphatic carbocycles. The van der Waals surface area contributed by atoms with Gasteiger partial charge in [-0.25, -0.2) is 4.98 Å². The summed E-state index contributed by atoms with van der Waals surface area (Å²) in [7, 11) is -0.120. The van der Waals surface area contributed by atoms with Crippen LogP contribution in [0.1, 0.15) is 189 Å². The van der Waals surface area contributed by atoms with Crippen molar-refractivity contribution < 1.29 is 17.1 Å². The van der Waals surface area contributed by atoms with Gasteiger partial charge in [0.25, 0.3) is 0 Å². The van der Waals surface area contributed by atoms with Gasteiger partial charge >= 0.3 is 23.1 Å². The van der Waals surface area contributed by atoms with E-state index in [-0.39, 0.29) is 43.4 Å². The molecule has 0 radical (unpaired) electrons. The summed E-state index contributed by atoms with van der Waals surface area (Å²) in [5, 5.41) is 1.75. The number of pyridine rings is 4. The molecule has 2 saturated carbocycles. The normalized spacial score (nSPS) is 14.3. The Balaban J connectivity index is 0.000000380. The first-order chi connectivity index (χ1) is 34.7. The molecular formula is C64H88Br2ClMgN4OP. The standard InChI is InChI=1S/C33H49P.C12H12N2.2C6H6BrN.C4H8O.C3H7.ClH.Mg/c1-23(2)26-21-30(24(3)4)33(31(22-26)25(5)6)29-19-13-14-20-32(29)34(27-15-9-7-10-16-27)28-17-11-8-12-18-28;1-9-5-7-14-12(8-9)11-4-3-6-13-10(11)2;1-5-2-3-8-6(7)4-5;1-5-6(7)3-2-4-8-5;1-2-4-5-3-1;1-3-2;;/h13-14,19-25,27-28H,7-12,15-18H2,1-6H3;3-8H,1-2H3;2*2-4H,1H3;1-4H2;3H,1-2H3;1H;/q;;;;;-1;;+2/p-1. The van der Waals surface area contributed by atoms with E-state index in [0.717, 1.165) is 56.3 Å². The van der Waals surface area contributed by atoms with Crippen molar-refractivity contribution in [2.75, 3.05) is 13.2 Å². The predicted octanol–water partition coefficient (Wildman–Crippen LogP) is 16.2. The second kappa shape index (κ2) is 37.3. The van der Waals surface area contributed by atoms with Gasteiger partial charge in [-0.1, -0.05) is 124 Å². The summed E-state index contributed by atoms with van der Waals surface area (Å²) in [5.41, 5.74) is 16.3. The number of aromatic nitrogens is 4. The molecule has 9 rings (SSSR count). The van der Waals surface area contributed by atoms with Crippen molar-refractivity contribution in [3.05, 3.63) is 164 Å². The molecular weight excluding hydrogens is 1090 g/mol. The van der Waals surface area contributed by atoms with Gasteiger partial charge in [0.2, 0.25) is 0 Å². The van der Waals surface area contributed by atoms with E-state index in [4.69, 9.17) is 4.74 Å². The molecule has 5 nitrogen and oxygen atoms in total. The van der Waals surface area contributed by atoms with E-state index in [0.29, 0.717) is 17.8 Å². The van der Waals surface area contributed by atoms with E-state index in [1.807, 2.05) is 89.7 Å². The molecule has 0 N–H and O–H groups in total. The second-order valence-corrected chi connectivity index (χ2v) is 24.9. The van der Waals surface area contributed by atoms with Crippen molar-refractivity contribution in [1.82, 2.24) is 19.9 Å². The van der Waals surface area contributed by atoms with Crippen molar-refractivity contribution in [1.29, 1.82) is 0 Å². The zero-order valence-corrected chi connectivity index (χ0v) is 53.5. The van der Waals surface area contributed by atoms with Gasteiger partial charge < -0.3 is 23.6 Å². The van der Waals surface area contributed by atoms with E-state index in [1.54, 1.807) is 46.1 Å². The summed E-state index contributed by atoms with van der Waals surface area (Å²) in [5.74, 6) is 1.64. The average Bonchev–Trinajstić information content (AvgIpc) is 3.97. The van der Waals surface area contributed by atoms with Gasteiger partial charge in [0.1, 0.15) is 4.60 Å². The van der Waals surface area contributed by atoms with Crippen molar-refractivity contribution >= 4 is 68.1 Å². The molecule has 1 aliphatic heterocycles. The van der Waals surface area contributed by atoms with Crippen LogP contribution in [0.25, 0.3) is 22.4 Å². The number of nitrogens with zero attached hydrogens (tertiary/aromatic N) is 4. The van der Waals surface area contributed by atoms with Crippen molar-refractivity contribution in [2.24, 2.45) is 0 Å². The topological polar surface area (TPSA) is 60.8 Å². The third kappa shape index (κ3) is 22.8. The Labute approximate surface area is 490 Å². The van der Waals surface area contributed by atoms with Crippen LogP contribution in [0.15, 0.2) is 119 Å². The molecule has 10 heteroatoms. The Bertz CT molecular complexity index is 2380. The molecule has 0 spiro atoms. The SMILES string of the molecule is C1CCOC1.CC(C)c1cc(C(C)C)c(-c2ccccc2P(C2CCCCC2)C2CCCCC2)c(C(C)C)c1.C[CH-]C.Cc1ccnc(-c2cccnc2C)c1.Cc1ccnc(Br)c1.Cc1ncccc1Br.[Cl-].[Mg+2]. The Kier molecular flexibility index (Phi) is 34.0. The fraction of sp³-hybridized carbons (Fsp3) is 0.484. The molecule has 6 aromatic rings. The third-order valence-corrected chi connectivity index (χ3v) is 18.2. The quantitative estimate of drug-likeness (QED) is 0.0658. The minimum Gasteiger partial charge on any atom is -1.00 e. The number of ether oxygens (including phenoxy) is 1. The molecule has 2 aromatic carbocycles. The summed E-state index contributed by atoms with van der Waals surface area (Å²) < 4.78 is 6.91. The molecule has 1 saturated heterocycles. The summed E-state index contributed by atoms with van der Waals surface area (Å²) >= 11 is 6.58. The number of hydrogen-bond acceptors (Lipinski definition) is 5. The Morgan fingerprint density at radius 3 is 1.43 bits per heavy atom. The molecule has 74 heavy (non-hydrogen) atoms. The third-order valence-electron chi connectivity index (χ3n) is 13.4. The Hall–Kier alpha value is -2.55. The maximum Gasteiger partial charge on any atom is 2.00 e. The van der Waals surface area contributed by atoms with E-state index in [1.165, 1.54) is 93.7 Å². The van der Waals surface area contributed by atoms with Crippen LogP contribution in [0.2, 0.25) is 0 Å². The van der Waals surface area contributed by atoms with Crippen LogP contribution in [-0.2, 0) is 4.74 Å². The largest absolute Gasteiger partial charge is 2.00 e. The van der Waals surface area contributed by atoms with Gasteiger partial charge in [0.15, 0.2) is 0 Å². The van der Waals surface area contributed by atoms with E-state index >= 15 is 0 Å². The first-order valence-electron chi connectivity index (χ1n) is 27.0. The van der Waals surface area contributed by atoms with E-state index < -0.39 is 0 Å². The first-order valence-corrected chi connectivity index (χ1v) is 30.1. The molecule has 4 aromatic heterocycles. The first kappa shape index (κ1) is 67.6. The number of rotatable bonds is 8. The number of benzene rings is 2. The summed E-state index contributed by atoms with van der Waals surface area (Å²) in [6, 6.07) is 30.7. The molecule has 5 heterocycles. The number of halogens is 3. The van der Waals surface area contributed by atoms with E-state index in [9.17, 15) is 0 Å². The fourth-order valence-corrected chi connectivity index (χ4v) is 14.2. The Morgan fingerprint density at radius 2 is 1.03 bits per heavy atom. The molecule has 0 bridgehead atoms. The molecule has 0 amide bonds. The van der Waals surface area contributed by atoms with Gasteiger partial charge in [-0.05, 0) is 220 Å². The fourth-order valence-electron chi connectivity index (χ4n) is 9.50. The smallest absolute Gasteiger partial charge is 1.00 e. The summed E-state index contributed by atoms with van der Waals surface area (Å²) in [6.07, 6.45) is 26.3. The Morgan fingerprint density at radius 1 is 0.541 bits per heavy atom. The second-order valence-electron chi connectivity index (χ2n) is 20.5. The van der Waals surface area contributed by atoms with Gasteiger partial charge in [-0.15, -0.1) is 0 Å². The van der Waals surface area contributed by atoms with Gasteiger partial charge in [-0.3, -0.25) is 15.0 Å². The molecule has 3 aliphatic rings. The van der Waals surface area contributed by atoms with Crippen LogP contribution in [0.5, 0.6) is 0 Å². The number of hydrogen-bond donors (Lipinski definition) is 0. The van der Waals surface area contributed by atoms with Crippen LogP contribution < -0.4 is 17.7 Å². The average molecular weight is 1180 g/mol. The van der Waals surface area contributed by atoms with Gasteiger partial charge in [-0.2, -0.15) is 13.8 Å². The zero-order valence-electron chi connectivity index (χ0n) is 47.2. The monoisotopic (exact) mass is 1180 g/mol. The minimum absolute atomic E-state index is 0. The molecule has 0 atom stereocenters. The molecule has 0 unspecified atom stereocenters. The van der Waals surface area contributed by atoms with Gasteiger partial charge in [0.05, 0.1) is 11.4 Å². The van der Waals surface area contributed by atoms with Crippen molar-refractivity contribution in [3.63, 3.8) is 0 Å². The predicted molar refractivity (Wildman–Crippen MR) is 326 cm³/mol. The maximum atomic E-state index is 4.94. The van der Waals surface area contributed by atoms with Crippen LogP contribution in [-0.4, -0.2) is 67.5 Å². The number of aryl methyl sites for hydroxylation is 4. The summed E-state index contributed by atoms with van der Waals surface area (Å²) in [6.45, 7) is 28.4. The van der Waals surface area contributed by atoms with Crippen LogP contribution >= 0.6 is 39.8 Å². The minimum atomic E-state index is -0.120. The molecule has 3 fully saturated rings. The van der Waals surface area contributed by atoms with Crippen molar-refractivity contribution in [2.45, 2.75) is 189 Å². The zero-order chi connectivity index (χ0) is 52.4. The maximum absolute atomic E-state index is 4.94. The van der Waals surface area contributed by atoms with Crippen LogP contribution in [0, 0.1) is 34.1 Å². The van der Waals surface area contributed by atoms with E-state index in [2.05, 4.69) is 143 Å². The van der Waals surface area contributed by atoms with Crippen molar-refractivity contribution in [3.8, 4) is 22.4 Å². The van der Waals surface area contributed by atoms with Gasteiger partial charge in [0, 0.05) is 53.7 Å². The molecule has 398 valence electrons.